The Morgan fingerprint density at radius 2 is 2.42 bits per heavy atom. The van der Waals surface area contributed by atoms with Crippen LogP contribution in [0.1, 0.15) is 5.69 Å². The third-order valence-corrected chi connectivity index (χ3v) is 1.71. The number of urea groups is 1. The third-order valence-electron chi connectivity index (χ3n) is 1.71. The van der Waals surface area contributed by atoms with Gasteiger partial charge in [0.2, 0.25) is 0 Å². The molecular weight excluding hydrogens is 154 g/mol. The Morgan fingerprint density at radius 3 is 2.92 bits per heavy atom. The summed E-state index contributed by atoms with van der Waals surface area (Å²) in [4.78, 5) is 10.8. The van der Waals surface area contributed by atoms with E-state index < -0.39 is 0 Å². The monoisotopic (exact) mass is 167 g/mol. The lowest BCUT2D eigenvalue weighted by Crippen LogP contribution is -2.32. The summed E-state index contributed by atoms with van der Waals surface area (Å²) in [6.45, 7) is 0.559. The molecule has 1 aromatic heterocycles. The van der Waals surface area contributed by atoms with Gasteiger partial charge in [0.15, 0.2) is 0 Å². The van der Waals surface area contributed by atoms with Crippen LogP contribution in [0.5, 0.6) is 0 Å². The highest BCUT2D eigenvalue weighted by Crippen LogP contribution is 1.97. The summed E-state index contributed by atoms with van der Waals surface area (Å²) in [6.07, 6.45) is 1.95. The summed E-state index contributed by atoms with van der Waals surface area (Å²) in [5.74, 6) is 0. The van der Waals surface area contributed by atoms with Gasteiger partial charge in [-0.25, -0.2) is 4.79 Å². The predicted molar refractivity (Wildman–Crippen MR) is 46.7 cm³/mol. The Kier molecular flexibility index (Phi) is 2.74. The fourth-order valence-electron chi connectivity index (χ4n) is 0.939. The van der Waals surface area contributed by atoms with Gasteiger partial charge in [0, 0.05) is 26.0 Å². The summed E-state index contributed by atoms with van der Waals surface area (Å²) in [5.41, 5.74) is 1.08. The molecule has 0 saturated heterocycles. The van der Waals surface area contributed by atoms with Gasteiger partial charge in [-0.15, -0.1) is 0 Å². The van der Waals surface area contributed by atoms with E-state index in [0.29, 0.717) is 6.54 Å². The third kappa shape index (κ3) is 2.02. The molecule has 1 rings (SSSR count). The Bertz CT molecular complexity index is 267. The second-order valence-corrected chi connectivity index (χ2v) is 2.54. The number of nitrogens with zero attached hydrogens (tertiary/aromatic N) is 1. The molecule has 0 bridgehead atoms. The lowest BCUT2D eigenvalue weighted by Gasteiger charge is -2.04. The van der Waals surface area contributed by atoms with Crippen molar-refractivity contribution in [1.29, 1.82) is 0 Å². The van der Waals surface area contributed by atoms with E-state index in [4.69, 9.17) is 0 Å². The van der Waals surface area contributed by atoms with Gasteiger partial charge in [-0.1, -0.05) is 0 Å². The molecule has 0 saturated carbocycles. The molecule has 1 aromatic rings. The number of hydrogen-bond donors (Lipinski definition) is 2. The van der Waals surface area contributed by atoms with Gasteiger partial charge >= 0.3 is 6.03 Å². The smallest absolute Gasteiger partial charge is 0.314 e. The van der Waals surface area contributed by atoms with Crippen molar-refractivity contribution >= 4 is 6.03 Å². The van der Waals surface area contributed by atoms with Gasteiger partial charge in [0.05, 0.1) is 6.54 Å². The van der Waals surface area contributed by atoms with Crippen molar-refractivity contribution < 1.29 is 4.79 Å². The molecule has 0 unspecified atom stereocenters. The van der Waals surface area contributed by atoms with Crippen molar-refractivity contribution in [1.82, 2.24) is 15.2 Å². The van der Waals surface area contributed by atoms with E-state index in [1.165, 1.54) is 0 Å². The molecule has 2 amide bonds. The molecular formula is C8H13N3O. The zero-order valence-electron chi connectivity index (χ0n) is 7.29. The number of rotatable bonds is 2. The first-order valence-corrected chi connectivity index (χ1v) is 3.80. The van der Waals surface area contributed by atoms with Gasteiger partial charge < -0.3 is 15.2 Å². The molecule has 4 heteroatoms. The minimum absolute atomic E-state index is 0.156. The second kappa shape index (κ2) is 3.80. The summed E-state index contributed by atoms with van der Waals surface area (Å²) < 4.78 is 1.97. The first kappa shape index (κ1) is 8.64. The largest absolute Gasteiger partial charge is 0.353 e. The highest BCUT2D eigenvalue weighted by Gasteiger charge is 1.98. The summed E-state index contributed by atoms with van der Waals surface area (Å²) >= 11 is 0. The van der Waals surface area contributed by atoms with Crippen LogP contribution in [-0.4, -0.2) is 17.6 Å². The van der Waals surface area contributed by atoms with Crippen molar-refractivity contribution in [3.8, 4) is 0 Å². The maximum atomic E-state index is 10.8. The standard InChI is InChI=1S/C8H13N3O/c1-9-8(12)10-6-7-4-3-5-11(7)2/h3-5H,6H2,1-2H3,(H2,9,10,12). The molecule has 0 aliphatic carbocycles. The van der Waals surface area contributed by atoms with Crippen LogP contribution < -0.4 is 10.6 Å². The van der Waals surface area contributed by atoms with E-state index in [9.17, 15) is 4.79 Å². The SMILES string of the molecule is CNC(=O)NCc1cccn1C. The van der Waals surface area contributed by atoms with Gasteiger partial charge in [0.25, 0.3) is 0 Å². The second-order valence-electron chi connectivity index (χ2n) is 2.54. The highest BCUT2D eigenvalue weighted by molar-refractivity contribution is 5.73. The number of aryl methyl sites for hydroxylation is 1. The molecule has 12 heavy (non-hydrogen) atoms. The van der Waals surface area contributed by atoms with Crippen LogP contribution in [0.2, 0.25) is 0 Å². The summed E-state index contributed by atoms with van der Waals surface area (Å²) in [7, 11) is 3.54. The van der Waals surface area contributed by atoms with Crippen LogP contribution in [0.3, 0.4) is 0 Å². The van der Waals surface area contributed by atoms with E-state index in [1.807, 2.05) is 29.9 Å². The molecule has 0 spiro atoms. The van der Waals surface area contributed by atoms with E-state index in [0.717, 1.165) is 5.69 Å². The molecule has 2 N–H and O–H groups in total. The Morgan fingerprint density at radius 1 is 1.67 bits per heavy atom. The maximum absolute atomic E-state index is 10.8. The molecule has 0 aliphatic rings. The number of carbonyl (C=O) groups excluding carboxylic acids is 1. The van der Waals surface area contributed by atoms with Gasteiger partial charge in [-0.2, -0.15) is 0 Å². The van der Waals surface area contributed by atoms with E-state index in [-0.39, 0.29) is 6.03 Å². The highest BCUT2D eigenvalue weighted by atomic mass is 16.2. The van der Waals surface area contributed by atoms with Crippen LogP contribution in [0.15, 0.2) is 18.3 Å². The Balaban J connectivity index is 2.43. The Labute approximate surface area is 71.6 Å². The molecule has 0 atom stereocenters. The Hall–Kier alpha value is -1.45. The minimum Gasteiger partial charge on any atom is -0.353 e. The quantitative estimate of drug-likeness (QED) is 0.660. The fraction of sp³-hybridized carbons (Fsp3) is 0.375. The van der Waals surface area contributed by atoms with Crippen molar-refractivity contribution in [2.24, 2.45) is 7.05 Å². The lowest BCUT2D eigenvalue weighted by atomic mass is 10.4. The van der Waals surface area contributed by atoms with Crippen molar-refractivity contribution in [2.45, 2.75) is 6.54 Å². The zero-order valence-corrected chi connectivity index (χ0v) is 7.29. The fourth-order valence-corrected chi connectivity index (χ4v) is 0.939. The van der Waals surface area contributed by atoms with Crippen molar-refractivity contribution in [3.05, 3.63) is 24.0 Å². The summed E-state index contributed by atoms with van der Waals surface area (Å²) in [5, 5.41) is 5.19. The topological polar surface area (TPSA) is 46.1 Å². The van der Waals surface area contributed by atoms with Gasteiger partial charge in [-0.3, -0.25) is 0 Å². The number of amides is 2. The van der Waals surface area contributed by atoms with Crippen LogP contribution in [0, 0.1) is 0 Å². The van der Waals surface area contributed by atoms with Crippen LogP contribution >= 0.6 is 0 Å². The first-order valence-electron chi connectivity index (χ1n) is 3.80. The van der Waals surface area contributed by atoms with E-state index >= 15 is 0 Å². The number of nitrogens with one attached hydrogen (secondary N) is 2. The van der Waals surface area contributed by atoms with E-state index in [1.54, 1.807) is 7.05 Å². The maximum Gasteiger partial charge on any atom is 0.314 e. The van der Waals surface area contributed by atoms with Crippen molar-refractivity contribution in [2.75, 3.05) is 7.05 Å². The molecule has 0 radical (unpaired) electrons. The number of aromatic nitrogens is 1. The van der Waals surface area contributed by atoms with Crippen LogP contribution in [0.4, 0.5) is 4.79 Å². The van der Waals surface area contributed by atoms with E-state index in [2.05, 4.69) is 10.6 Å². The molecule has 0 fully saturated rings. The average molecular weight is 167 g/mol. The average Bonchev–Trinajstić information content (AvgIpc) is 2.47. The minimum atomic E-state index is -0.156. The normalized spacial score (nSPS) is 9.50. The summed E-state index contributed by atoms with van der Waals surface area (Å²) in [6, 6.07) is 3.76. The lowest BCUT2D eigenvalue weighted by molar-refractivity contribution is 0.242. The van der Waals surface area contributed by atoms with Crippen molar-refractivity contribution in [3.63, 3.8) is 0 Å². The molecule has 66 valence electrons. The molecule has 1 heterocycles. The number of hydrogen-bond acceptors (Lipinski definition) is 1. The zero-order chi connectivity index (χ0) is 8.97. The molecule has 4 nitrogen and oxygen atoms in total. The van der Waals surface area contributed by atoms with Crippen LogP contribution in [-0.2, 0) is 13.6 Å². The predicted octanol–water partition coefficient (Wildman–Crippen LogP) is 0.454. The van der Waals surface area contributed by atoms with Gasteiger partial charge in [0.1, 0.15) is 0 Å². The molecule has 0 aromatic carbocycles. The molecule has 0 aliphatic heterocycles. The first-order chi connectivity index (χ1) is 5.74. The van der Waals surface area contributed by atoms with Gasteiger partial charge in [-0.05, 0) is 12.1 Å². The van der Waals surface area contributed by atoms with Crippen LogP contribution in [0.25, 0.3) is 0 Å². The number of carbonyl (C=O) groups is 1.